The Kier molecular flexibility index (Phi) is 10.6. The van der Waals surface area contributed by atoms with Crippen LogP contribution in [0.2, 0.25) is 0 Å². The number of sulfonamides is 1. The highest BCUT2D eigenvalue weighted by Crippen LogP contribution is 2.19. The number of nitrogens with zero attached hydrogens (tertiary/aromatic N) is 2. The summed E-state index contributed by atoms with van der Waals surface area (Å²) in [6, 6.07) is 15.5. The predicted octanol–water partition coefficient (Wildman–Crippen LogP) is 3.57. The molecule has 0 aliphatic carbocycles. The van der Waals surface area contributed by atoms with Gasteiger partial charge >= 0.3 is 0 Å². The third kappa shape index (κ3) is 8.58. The first-order valence-corrected chi connectivity index (χ1v) is 13.7. The van der Waals surface area contributed by atoms with Gasteiger partial charge < -0.3 is 15.0 Å². The number of hydrogen-bond acceptors (Lipinski definition) is 5. The second-order valence-electron chi connectivity index (χ2n) is 8.64. The fourth-order valence-electron chi connectivity index (χ4n) is 3.57. The molecule has 1 N–H and O–H groups in total. The molecule has 0 saturated carbocycles. The van der Waals surface area contributed by atoms with Crippen LogP contribution in [0.3, 0.4) is 0 Å². The number of carbonyl (C=O) groups is 2. The van der Waals surface area contributed by atoms with Crippen LogP contribution in [0.5, 0.6) is 5.75 Å². The second-order valence-corrected chi connectivity index (χ2v) is 10.5. The van der Waals surface area contributed by atoms with Gasteiger partial charge in [0, 0.05) is 25.6 Å². The quantitative estimate of drug-likeness (QED) is 0.451. The molecule has 0 aliphatic rings. The summed E-state index contributed by atoms with van der Waals surface area (Å²) < 4.78 is 31.2. The molecule has 192 valence electrons. The summed E-state index contributed by atoms with van der Waals surface area (Å²) >= 11 is 0. The molecule has 2 aromatic rings. The van der Waals surface area contributed by atoms with E-state index in [4.69, 9.17) is 4.74 Å². The van der Waals surface area contributed by atoms with Crippen LogP contribution in [0.4, 0.5) is 5.69 Å². The molecule has 0 spiro atoms. The van der Waals surface area contributed by atoms with E-state index in [1.807, 2.05) is 44.2 Å². The molecule has 0 bridgehead atoms. The van der Waals surface area contributed by atoms with E-state index in [1.165, 1.54) is 4.31 Å². The molecule has 8 nitrogen and oxygen atoms in total. The van der Waals surface area contributed by atoms with Crippen molar-refractivity contribution in [3.63, 3.8) is 0 Å². The van der Waals surface area contributed by atoms with Crippen LogP contribution in [0.1, 0.15) is 45.6 Å². The highest BCUT2D eigenvalue weighted by molar-refractivity contribution is 7.92. The number of rotatable bonds is 13. The Labute approximate surface area is 209 Å². The van der Waals surface area contributed by atoms with Gasteiger partial charge in [0.1, 0.15) is 11.8 Å². The first kappa shape index (κ1) is 28.2. The lowest BCUT2D eigenvalue weighted by atomic mass is 10.1. The topological polar surface area (TPSA) is 96.0 Å². The zero-order valence-electron chi connectivity index (χ0n) is 21.2. The smallest absolute Gasteiger partial charge is 0.242 e. The third-order valence-electron chi connectivity index (χ3n) is 5.88. The molecule has 0 radical (unpaired) electrons. The lowest BCUT2D eigenvalue weighted by Crippen LogP contribution is -2.49. The molecule has 0 aliphatic heterocycles. The number of nitrogens with one attached hydrogen (secondary N) is 1. The molecule has 0 unspecified atom stereocenters. The number of methoxy groups -OCH3 is 1. The molecule has 0 heterocycles. The summed E-state index contributed by atoms with van der Waals surface area (Å²) in [5.74, 6) is 0.272. The van der Waals surface area contributed by atoms with Crippen molar-refractivity contribution in [3.8, 4) is 5.75 Å². The van der Waals surface area contributed by atoms with Crippen LogP contribution in [-0.2, 0) is 26.2 Å². The standard InChI is InChI=1S/C26H37N3O5S/c1-6-20(2)27-26(31)21(3)28(19-22-14-16-24(34-4)17-15-22)25(30)13-10-18-29(35(5,32)33)23-11-8-7-9-12-23/h7-9,11-12,14-17,20-21H,6,10,13,18-19H2,1-5H3,(H,27,31)/t20-,21-/m0/s1. The van der Waals surface area contributed by atoms with Gasteiger partial charge in [-0.3, -0.25) is 13.9 Å². The van der Waals surface area contributed by atoms with E-state index >= 15 is 0 Å². The molecule has 9 heteroatoms. The van der Waals surface area contributed by atoms with Gasteiger partial charge in [0.05, 0.1) is 19.1 Å². The first-order valence-electron chi connectivity index (χ1n) is 11.8. The van der Waals surface area contributed by atoms with Crippen LogP contribution in [0, 0.1) is 0 Å². The highest BCUT2D eigenvalue weighted by Gasteiger charge is 2.27. The average molecular weight is 504 g/mol. The van der Waals surface area contributed by atoms with E-state index in [1.54, 1.807) is 43.2 Å². The van der Waals surface area contributed by atoms with Gasteiger partial charge in [-0.05, 0) is 56.5 Å². The Bertz CT molecular complexity index is 1060. The minimum absolute atomic E-state index is 0.00270. The van der Waals surface area contributed by atoms with E-state index in [0.29, 0.717) is 17.9 Å². The molecule has 2 aromatic carbocycles. The molecule has 0 fully saturated rings. The van der Waals surface area contributed by atoms with Crippen molar-refractivity contribution in [1.82, 2.24) is 10.2 Å². The summed E-state index contributed by atoms with van der Waals surface area (Å²) in [4.78, 5) is 27.7. The van der Waals surface area contributed by atoms with Gasteiger partial charge in [0.15, 0.2) is 0 Å². The van der Waals surface area contributed by atoms with E-state index in [0.717, 1.165) is 18.2 Å². The lowest BCUT2D eigenvalue weighted by molar-refractivity contribution is -0.140. The van der Waals surface area contributed by atoms with Gasteiger partial charge in [-0.1, -0.05) is 37.3 Å². The SMILES string of the molecule is CC[C@H](C)NC(=O)[C@H](C)N(Cc1ccc(OC)cc1)C(=O)CCCN(c1ccccc1)S(C)(=O)=O. The number of carbonyl (C=O) groups excluding carboxylic acids is 2. The van der Waals surface area contributed by atoms with Crippen molar-refractivity contribution in [3.05, 3.63) is 60.2 Å². The van der Waals surface area contributed by atoms with E-state index < -0.39 is 16.1 Å². The third-order valence-corrected chi connectivity index (χ3v) is 7.07. The molecule has 2 atom stereocenters. The van der Waals surface area contributed by atoms with Crippen molar-refractivity contribution in [2.45, 2.75) is 58.7 Å². The van der Waals surface area contributed by atoms with Gasteiger partial charge in [0.25, 0.3) is 0 Å². The molecular formula is C26H37N3O5S. The molecule has 0 saturated heterocycles. The highest BCUT2D eigenvalue weighted by atomic mass is 32.2. The van der Waals surface area contributed by atoms with Crippen LogP contribution < -0.4 is 14.4 Å². The molecular weight excluding hydrogens is 466 g/mol. The fourth-order valence-corrected chi connectivity index (χ4v) is 4.54. The molecule has 2 amide bonds. The summed E-state index contributed by atoms with van der Waals surface area (Å²) in [6.07, 6.45) is 2.36. The monoisotopic (exact) mass is 503 g/mol. The van der Waals surface area contributed by atoms with Crippen molar-refractivity contribution in [1.29, 1.82) is 0 Å². The molecule has 2 rings (SSSR count). The van der Waals surface area contributed by atoms with Gasteiger partial charge in [-0.25, -0.2) is 8.42 Å². The zero-order chi connectivity index (χ0) is 26.0. The maximum absolute atomic E-state index is 13.3. The predicted molar refractivity (Wildman–Crippen MR) is 139 cm³/mol. The summed E-state index contributed by atoms with van der Waals surface area (Å²) in [5.41, 5.74) is 1.42. The Hall–Kier alpha value is -3.07. The maximum Gasteiger partial charge on any atom is 0.242 e. The average Bonchev–Trinajstić information content (AvgIpc) is 2.84. The number of anilines is 1. The van der Waals surface area contributed by atoms with Crippen molar-refractivity contribution < 1.29 is 22.7 Å². The minimum atomic E-state index is -3.51. The van der Waals surface area contributed by atoms with Crippen LogP contribution in [0.25, 0.3) is 0 Å². The maximum atomic E-state index is 13.3. The number of amides is 2. The Morgan fingerprint density at radius 2 is 1.66 bits per heavy atom. The second kappa shape index (κ2) is 13.1. The molecule has 0 aromatic heterocycles. The summed E-state index contributed by atoms with van der Waals surface area (Å²) in [7, 11) is -1.92. The number of ether oxygens (including phenoxy) is 1. The van der Waals surface area contributed by atoms with Crippen LogP contribution in [0.15, 0.2) is 54.6 Å². The van der Waals surface area contributed by atoms with Crippen molar-refractivity contribution in [2.75, 3.05) is 24.2 Å². The summed E-state index contributed by atoms with van der Waals surface area (Å²) in [6.45, 7) is 6.04. The summed E-state index contributed by atoms with van der Waals surface area (Å²) in [5, 5.41) is 2.94. The van der Waals surface area contributed by atoms with Crippen LogP contribution in [-0.4, -0.2) is 57.1 Å². The van der Waals surface area contributed by atoms with Crippen molar-refractivity contribution >= 4 is 27.5 Å². The Balaban J connectivity index is 2.16. The lowest BCUT2D eigenvalue weighted by Gasteiger charge is -2.30. The van der Waals surface area contributed by atoms with Crippen molar-refractivity contribution in [2.24, 2.45) is 0 Å². The Morgan fingerprint density at radius 1 is 1.03 bits per heavy atom. The zero-order valence-corrected chi connectivity index (χ0v) is 22.0. The van der Waals surface area contributed by atoms with Gasteiger partial charge in [0.2, 0.25) is 21.8 Å². The number of para-hydroxylation sites is 1. The number of benzene rings is 2. The van der Waals surface area contributed by atoms with Crippen LogP contribution >= 0.6 is 0 Å². The fraction of sp³-hybridized carbons (Fsp3) is 0.462. The van der Waals surface area contributed by atoms with Gasteiger partial charge in [-0.15, -0.1) is 0 Å². The van der Waals surface area contributed by atoms with E-state index in [9.17, 15) is 18.0 Å². The first-order chi connectivity index (χ1) is 16.6. The minimum Gasteiger partial charge on any atom is -0.497 e. The molecule has 35 heavy (non-hydrogen) atoms. The largest absolute Gasteiger partial charge is 0.497 e. The number of hydrogen-bond donors (Lipinski definition) is 1. The normalized spacial score (nSPS) is 12.9. The van der Waals surface area contributed by atoms with E-state index in [2.05, 4.69) is 5.32 Å². The van der Waals surface area contributed by atoms with Gasteiger partial charge in [-0.2, -0.15) is 0 Å². The Morgan fingerprint density at radius 3 is 2.20 bits per heavy atom. The van der Waals surface area contributed by atoms with E-state index in [-0.39, 0.29) is 37.4 Å².